The van der Waals surface area contributed by atoms with Gasteiger partial charge in [-0.25, -0.2) is 4.79 Å². The van der Waals surface area contributed by atoms with E-state index in [-0.39, 0.29) is 35.9 Å². The van der Waals surface area contributed by atoms with Gasteiger partial charge in [-0.05, 0) is 62.5 Å². The van der Waals surface area contributed by atoms with Crippen LogP contribution in [-0.2, 0) is 28.5 Å². The quantitative estimate of drug-likeness (QED) is 0.278. The van der Waals surface area contributed by atoms with Gasteiger partial charge in [0.2, 0.25) is 5.78 Å². The normalized spacial score (nSPS) is 41.4. The molecule has 3 unspecified atom stereocenters. The number of carbonyl (C=O) groups is 3. The molecule has 0 aromatic rings. The zero-order valence-corrected chi connectivity index (χ0v) is 24.5. The van der Waals surface area contributed by atoms with E-state index in [1.807, 2.05) is 13.0 Å². The van der Waals surface area contributed by atoms with Crippen LogP contribution in [0.25, 0.3) is 0 Å². The number of aliphatic hydroxyl groups excluding tert-OH is 1. The number of carbonyl (C=O) groups excluding carboxylic acids is 3. The topological polar surface area (TPSA) is 108 Å². The number of rotatable bonds is 10. The Kier molecular flexibility index (Phi) is 8.35. The van der Waals surface area contributed by atoms with Gasteiger partial charge in [-0.1, -0.05) is 65.0 Å². The zero-order chi connectivity index (χ0) is 28.7. The van der Waals surface area contributed by atoms with Gasteiger partial charge < -0.3 is 24.1 Å². The van der Waals surface area contributed by atoms with Crippen molar-refractivity contribution in [1.82, 2.24) is 0 Å². The molecule has 0 amide bonds. The minimum absolute atomic E-state index is 0.00395. The van der Waals surface area contributed by atoms with E-state index in [0.29, 0.717) is 19.3 Å². The summed E-state index contributed by atoms with van der Waals surface area (Å²) in [6, 6.07) is 0. The van der Waals surface area contributed by atoms with Crippen LogP contribution in [-0.4, -0.2) is 60.1 Å². The van der Waals surface area contributed by atoms with Crippen LogP contribution in [0.3, 0.4) is 0 Å². The average Bonchev–Trinajstić information content (AvgIpc) is 3.39. The van der Waals surface area contributed by atoms with Gasteiger partial charge in [0.25, 0.3) is 0 Å². The van der Waals surface area contributed by atoms with Crippen LogP contribution >= 0.6 is 0 Å². The summed E-state index contributed by atoms with van der Waals surface area (Å²) < 4.78 is 23.5. The molecule has 1 saturated heterocycles. The van der Waals surface area contributed by atoms with Crippen LogP contribution in [0.1, 0.15) is 91.9 Å². The standard InChI is InChI=1S/C32H46O8/c1-5-7-8-9-15-37-29(36)38-19-25(35)32-26(39-27(40-32)10-6-2)17-23-22-12-11-20-16-21(33)13-14-30(20,3)28(22)24(34)18-31(23,32)4/h13-14,16,22-24,26-28,34H,5-12,15,17-19H2,1-4H3/t22?,23?,24-,26+,27?,28+,30-,31-,32+/m0/s1. The summed E-state index contributed by atoms with van der Waals surface area (Å²) in [7, 11) is 0. The Balaban J connectivity index is 1.37. The van der Waals surface area contributed by atoms with Crippen molar-refractivity contribution < 1.29 is 38.4 Å². The molecule has 8 nitrogen and oxygen atoms in total. The van der Waals surface area contributed by atoms with E-state index in [9.17, 15) is 19.5 Å². The van der Waals surface area contributed by atoms with Crippen molar-refractivity contribution >= 4 is 17.7 Å². The summed E-state index contributed by atoms with van der Waals surface area (Å²) in [6.07, 6.45) is 10.9. The molecule has 0 aromatic heterocycles. The van der Waals surface area contributed by atoms with E-state index < -0.39 is 47.7 Å². The number of ketones is 2. The first-order valence-electron chi connectivity index (χ1n) is 15.4. The lowest BCUT2D eigenvalue weighted by molar-refractivity contribution is -0.200. The van der Waals surface area contributed by atoms with Crippen LogP contribution < -0.4 is 0 Å². The smallest absolute Gasteiger partial charge is 0.434 e. The van der Waals surface area contributed by atoms with Gasteiger partial charge in [-0.2, -0.15) is 0 Å². The number of Topliss-reactive ketones (excluding diaryl/α,β-unsaturated/α-hetero) is 1. The predicted molar refractivity (Wildman–Crippen MR) is 147 cm³/mol. The van der Waals surface area contributed by atoms with Crippen molar-refractivity contribution in [3.8, 4) is 0 Å². The molecule has 9 atom stereocenters. The van der Waals surface area contributed by atoms with Crippen LogP contribution in [0.4, 0.5) is 4.79 Å². The number of unbranched alkanes of at least 4 members (excludes halogenated alkanes) is 3. The maximum atomic E-state index is 14.1. The van der Waals surface area contributed by atoms with E-state index in [2.05, 4.69) is 20.8 Å². The molecule has 1 aliphatic heterocycles. The minimum atomic E-state index is -1.31. The maximum Gasteiger partial charge on any atom is 0.508 e. The van der Waals surface area contributed by atoms with Gasteiger partial charge in [0.05, 0.1) is 18.8 Å². The number of aliphatic hydroxyl groups is 1. The highest BCUT2D eigenvalue weighted by atomic mass is 16.7. The summed E-state index contributed by atoms with van der Waals surface area (Å²) in [5.74, 6) is -0.168. The second kappa shape index (κ2) is 11.3. The summed E-state index contributed by atoms with van der Waals surface area (Å²) in [6.45, 7) is 8.17. The Hall–Kier alpha value is -2.03. The lowest BCUT2D eigenvalue weighted by Crippen LogP contribution is -2.63. The van der Waals surface area contributed by atoms with Crippen molar-refractivity contribution in [2.24, 2.45) is 28.6 Å². The third-order valence-corrected chi connectivity index (χ3v) is 10.8. The van der Waals surface area contributed by atoms with Crippen molar-refractivity contribution in [2.75, 3.05) is 13.2 Å². The molecule has 40 heavy (non-hydrogen) atoms. The molecule has 4 aliphatic carbocycles. The van der Waals surface area contributed by atoms with Crippen molar-refractivity contribution in [1.29, 1.82) is 0 Å². The highest BCUT2D eigenvalue weighted by Gasteiger charge is 2.75. The molecular weight excluding hydrogens is 512 g/mol. The molecule has 5 rings (SSSR count). The van der Waals surface area contributed by atoms with Gasteiger partial charge in [0, 0.05) is 16.7 Å². The van der Waals surface area contributed by atoms with Gasteiger partial charge in [-0.3, -0.25) is 9.59 Å². The highest BCUT2D eigenvalue weighted by Crippen LogP contribution is 2.69. The van der Waals surface area contributed by atoms with Crippen LogP contribution in [0.15, 0.2) is 23.8 Å². The number of hydrogen-bond donors (Lipinski definition) is 1. The fraction of sp³-hybridized carbons (Fsp3) is 0.781. The summed E-state index contributed by atoms with van der Waals surface area (Å²) in [5.41, 5.74) is -1.31. The molecule has 1 N–H and O–H groups in total. The Morgan fingerprint density at radius 2 is 1.93 bits per heavy atom. The molecule has 1 heterocycles. The van der Waals surface area contributed by atoms with Crippen molar-refractivity contribution in [3.63, 3.8) is 0 Å². The van der Waals surface area contributed by atoms with Gasteiger partial charge in [0.15, 0.2) is 24.3 Å². The van der Waals surface area contributed by atoms with Crippen LogP contribution in [0.2, 0.25) is 0 Å². The SMILES string of the molecule is CCCCCCOC(=O)OCC(=O)[C@@]12OC(CCC)O[C@@H]1CC1C3CCC4=CC(=O)C=C[C@]4(C)[C@H]3[C@@H](O)C[C@@]12C. The molecule has 0 radical (unpaired) electrons. The van der Waals surface area contributed by atoms with E-state index in [1.165, 1.54) is 0 Å². The first-order valence-corrected chi connectivity index (χ1v) is 15.4. The van der Waals surface area contributed by atoms with E-state index in [0.717, 1.165) is 50.5 Å². The molecular formula is C32H46O8. The summed E-state index contributed by atoms with van der Waals surface area (Å²) in [4.78, 5) is 38.5. The third-order valence-electron chi connectivity index (χ3n) is 10.8. The van der Waals surface area contributed by atoms with Crippen molar-refractivity contribution in [3.05, 3.63) is 23.8 Å². The molecule has 5 aliphatic rings. The second-order valence-electron chi connectivity index (χ2n) is 13.0. The largest absolute Gasteiger partial charge is 0.508 e. The first-order chi connectivity index (χ1) is 19.1. The van der Waals surface area contributed by atoms with E-state index in [1.54, 1.807) is 12.2 Å². The lowest BCUT2D eigenvalue weighted by Gasteiger charge is -2.59. The molecule has 0 bridgehead atoms. The first kappa shape index (κ1) is 29.5. The summed E-state index contributed by atoms with van der Waals surface area (Å²) in [5, 5.41) is 11.8. The zero-order valence-electron chi connectivity index (χ0n) is 24.5. The van der Waals surface area contributed by atoms with E-state index >= 15 is 0 Å². The molecule has 0 aromatic carbocycles. The van der Waals surface area contributed by atoms with Gasteiger partial charge in [-0.15, -0.1) is 0 Å². The molecule has 0 spiro atoms. The number of allylic oxidation sites excluding steroid dienone is 4. The van der Waals surface area contributed by atoms with Gasteiger partial charge >= 0.3 is 6.16 Å². The third kappa shape index (κ3) is 4.68. The van der Waals surface area contributed by atoms with Gasteiger partial charge in [0.1, 0.15) is 0 Å². The molecule has 4 fully saturated rings. The molecule has 222 valence electrons. The minimum Gasteiger partial charge on any atom is -0.434 e. The fourth-order valence-electron chi connectivity index (χ4n) is 8.96. The van der Waals surface area contributed by atoms with Crippen molar-refractivity contribution in [2.45, 2.75) is 116 Å². The Morgan fingerprint density at radius 1 is 1.12 bits per heavy atom. The highest BCUT2D eigenvalue weighted by molar-refractivity contribution is 6.01. The Bertz CT molecular complexity index is 1070. The predicted octanol–water partition coefficient (Wildman–Crippen LogP) is 5.46. The Labute approximate surface area is 237 Å². The molecule has 3 saturated carbocycles. The lowest BCUT2D eigenvalue weighted by atomic mass is 9.46. The average molecular weight is 559 g/mol. The second-order valence-corrected chi connectivity index (χ2v) is 13.0. The number of ether oxygens (including phenoxy) is 4. The monoisotopic (exact) mass is 558 g/mol. The molecule has 8 heteroatoms. The Morgan fingerprint density at radius 3 is 2.67 bits per heavy atom. The summed E-state index contributed by atoms with van der Waals surface area (Å²) >= 11 is 0. The van der Waals surface area contributed by atoms with E-state index in [4.69, 9.17) is 18.9 Å². The number of hydrogen-bond acceptors (Lipinski definition) is 8. The van der Waals surface area contributed by atoms with Crippen LogP contribution in [0, 0.1) is 28.6 Å². The fourth-order valence-corrected chi connectivity index (χ4v) is 8.96. The maximum absolute atomic E-state index is 14.1. The number of fused-ring (bicyclic) bond motifs is 7. The van der Waals surface area contributed by atoms with Crippen LogP contribution in [0.5, 0.6) is 0 Å².